The Labute approximate surface area is 121 Å². The zero-order valence-corrected chi connectivity index (χ0v) is 12.5. The quantitative estimate of drug-likeness (QED) is 0.900. The molecule has 0 radical (unpaired) electrons. The molecule has 0 bridgehead atoms. The van der Waals surface area contributed by atoms with Gasteiger partial charge in [-0.25, -0.2) is 0 Å². The van der Waals surface area contributed by atoms with Gasteiger partial charge in [-0.15, -0.1) is 0 Å². The molecule has 2 aromatic rings. The van der Waals surface area contributed by atoms with Crippen LogP contribution in [-0.4, -0.2) is 14.2 Å². The van der Waals surface area contributed by atoms with E-state index in [2.05, 4.69) is 21.2 Å². The summed E-state index contributed by atoms with van der Waals surface area (Å²) in [5.74, 6) is 1.59. The molecule has 0 aliphatic rings. The Hall–Kier alpha value is -1.68. The zero-order chi connectivity index (χ0) is 13.7. The molecule has 0 saturated carbocycles. The molecule has 1 N–H and O–H groups in total. The molecule has 0 heterocycles. The molecule has 3 nitrogen and oxygen atoms in total. The Balaban J connectivity index is 2.10. The van der Waals surface area contributed by atoms with Crippen molar-refractivity contribution >= 4 is 21.6 Å². The van der Waals surface area contributed by atoms with Crippen LogP contribution in [0.25, 0.3) is 0 Å². The molecule has 0 saturated heterocycles. The van der Waals surface area contributed by atoms with Crippen LogP contribution in [0.2, 0.25) is 0 Å². The van der Waals surface area contributed by atoms with Crippen LogP contribution in [0, 0.1) is 0 Å². The summed E-state index contributed by atoms with van der Waals surface area (Å²) >= 11 is 3.45. The molecule has 0 spiro atoms. The number of ether oxygens (including phenoxy) is 2. The third kappa shape index (κ3) is 3.89. The first-order chi connectivity index (χ1) is 9.21. The highest BCUT2D eigenvalue weighted by molar-refractivity contribution is 9.10. The number of benzene rings is 2. The number of rotatable bonds is 5. The average molecular weight is 322 g/mol. The monoisotopic (exact) mass is 321 g/mol. The van der Waals surface area contributed by atoms with Crippen LogP contribution in [0.15, 0.2) is 46.9 Å². The van der Waals surface area contributed by atoms with Crippen molar-refractivity contribution in [1.82, 2.24) is 0 Å². The topological polar surface area (TPSA) is 30.5 Å². The molecule has 0 unspecified atom stereocenters. The lowest BCUT2D eigenvalue weighted by molar-refractivity contribution is 0.393. The van der Waals surface area contributed by atoms with E-state index in [4.69, 9.17) is 9.47 Å². The van der Waals surface area contributed by atoms with Gasteiger partial charge in [0.05, 0.1) is 14.2 Å². The minimum atomic E-state index is 0.712. The van der Waals surface area contributed by atoms with Crippen molar-refractivity contribution in [3.05, 3.63) is 52.5 Å². The van der Waals surface area contributed by atoms with Gasteiger partial charge in [0.15, 0.2) is 0 Å². The van der Waals surface area contributed by atoms with Crippen molar-refractivity contribution in [2.45, 2.75) is 6.54 Å². The van der Waals surface area contributed by atoms with E-state index in [0.29, 0.717) is 6.54 Å². The molecular weight excluding hydrogens is 306 g/mol. The molecule has 0 aliphatic heterocycles. The largest absolute Gasteiger partial charge is 0.497 e. The van der Waals surface area contributed by atoms with Crippen molar-refractivity contribution in [3.8, 4) is 11.5 Å². The normalized spacial score (nSPS) is 10.1. The van der Waals surface area contributed by atoms with Gasteiger partial charge in [-0.2, -0.15) is 0 Å². The van der Waals surface area contributed by atoms with E-state index in [1.54, 1.807) is 14.2 Å². The fourth-order valence-electron chi connectivity index (χ4n) is 1.77. The van der Waals surface area contributed by atoms with Gasteiger partial charge in [0.25, 0.3) is 0 Å². The van der Waals surface area contributed by atoms with Crippen LogP contribution in [0.3, 0.4) is 0 Å². The predicted molar refractivity (Wildman–Crippen MR) is 81.0 cm³/mol. The first-order valence-electron chi connectivity index (χ1n) is 5.92. The fourth-order valence-corrected chi connectivity index (χ4v) is 2.17. The van der Waals surface area contributed by atoms with Crippen LogP contribution in [-0.2, 0) is 6.54 Å². The van der Waals surface area contributed by atoms with Gasteiger partial charge in [-0.05, 0) is 35.9 Å². The van der Waals surface area contributed by atoms with Crippen molar-refractivity contribution in [3.63, 3.8) is 0 Å². The van der Waals surface area contributed by atoms with E-state index in [-0.39, 0.29) is 0 Å². The maximum absolute atomic E-state index is 5.25. The first-order valence-corrected chi connectivity index (χ1v) is 6.72. The lowest BCUT2D eigenvalue weighted by atomic mass is 10.2. The van der Waals surface area contributed by atoms with E-state index in [9.17, 15) is 0 Å². The molecule has 0 aliphatic carbocycles. The highest BCUT2D eigenvalue weighted by Crippen LogP contribution is 2.23. The van der Waals surface area contributed by atoms with Crippen LogP contribution < -0.4 is 14.8 Å². The molecule has 19 heavy (non-hydrogen) atoms. The summed E-state index contributed by atoms with van der Waals surface area (Å²) in [6, 6.07) is 13.9. The number of methoxy groups -OCH3 is 2. The highest BCUT2D eigenvalue weighted by Gasteiger charge is 2.02. The summed E-state index contributed by atoms with van der Waals surface area (Å²) in [5.41, 5.74) is 2.17. The van der Waals surface area contributed by atoms with Crippen LogP contribution in [0.4, 0.5) is 5.69 Å². The average Bonchev–Trinajstić information content (AvgIpc) is 2.44. The molecule has 0 atom stereocenters. The van der Waals surface area contributed by atoms with Gasteiger partial charge in [-0.1, -0.05) is 22.0 Å². The molecule has 0 amide bonds. The Morgan fingerprint density at radius 3 is 2.26 bits per heavy atom. The molecule has 100 valence electrons. The molecule has 2 aromatic carbocycles. The van der Waals surface area contributed by atoms with Crippen LogP contribution in [0.1, 0.15) is 5.56 Å². The highest BCUT2D eigenvalue weighted by atomic mass is 79.9. The lowest BCUT2D eigenvalue weighted by Gasteiger charge is -2.10. The Morgan fingerprint density at radius 1 is 1.00 bits per heavy atom. The van der Waals surface area contributed by atoms with Crippen molar-refractivity contribution in [1.29, 1.82) is 0 Å². The predicted octanol–water partition coefficient (Wildman–Crippen LogP) is 4.08. The van der Waals surface area contributed by atoms with Crippen molar-refractivity contribution in [2.24, 2.45) is 0 Å². The second kappa shape index (κ2) is 6.48. The van der Waals surface area contributed by atoms with Gasteiger partial charge in [0.1, 0.15) is 11.5 Å². The summed E-state index contributed by atoms with van der Waals surface area (Å²) in [4.78, 5) is 0. The van der Waals surface area contributed by atoms with Gasteiger partial charge in [-0.3, -0.25) is 0 Å². The third-order valence-corrected chi connectivity index (χ3v) is 3.23. The maximum atomic E-state index is 5.25. The molecular formula is C15H16BrNO2. The summed E-state index contributed by atoms with van der Waals surface area (Å²) in [7, 11) is 3.31. The van der Waals surface area contributed by atoms with E-state index < -0.39 is 0 Å². The summed E-state index contributed by atoms with van der Waals surface area (Å²) in [6.45, 7) is 0.712. The van der Waals surface area contributed by atoms with Gasteiger partial charge in [0, 0.05) is 22.8 Å². The number of halogens is 1. The first kappa shape index (κ1) is 13.7. The smallest absolute Gasteiger partial charge is 0.122 e. The number of hydrogen-bond donors (Lipinski definition) is 1. The molecule has 0 aromatic heterocycles. The minimum Gasteiger partial charge on any atom is -0.497 e. The lowest BCUT2D eigenvalue weighted by Crippen LogP contribution is -2.00. The third-order valence-electron chi connectivity index (χ3n) is 2.73. The zero-order valence-electron chi connectivity index (χ0n) is 10.9. The standard InChI is InChI=1S/C15H16BrNO2/c1-18-14-6-11(7-15(9-14)19-2)10-17-13-5-3-4-12(16)8-13/h3-9,17H,10H2,1-2H3. The molecule has 4 heteroatoms. The molecule has 0 fully saturated rings. The Bertz CT molecular complexity index is 535. The minimum absolute atomic E-state index is 0.712. The maximum Gasteiger partial charge on any atom is 0.122 e. The summed E-state index contributed by atoms with van der Waals surface area (Å²) < 4.78 is 11.6. The Kier molecular flexibility index (Phi) is 4.68. The van der Waals surface area contributed by atoms with E-state index in [0.717, 1.165) is 27.2 Å². The van der Waals surface area contributed by atoms with Crippen molar-refractivity contribution in [2.75, 3.05) is 19.5 Å². The van der Waals surface area contributed by atoms with E-state index in [1.807, 2.05) is 42.5 Å². The second-order valence-electron chi connectivity index (χ2n) is 4.08. The second-order valence-corrected chi connectivity index (χ2v) is 5.00. The molecule has 2 rings (SSSR count). The number of hydrogen-bond acceptors (Lipinski definition) is 3. The van der Waals surface area contributed by atoms with Crippen LogP contribution >= 0.6 is 15.9 Å². The number of nitrogens with one attached hydrogen (secondary N) is 1. The van der Waals surface area contributed by atoms with Gasteiger partial charge >= 0.3 is 0 Å². The van der Waals surface area contributed by atoms with E-state index in [1.165, 1.54) is 0 Å². The SMILES string of the molecule is COc1cc(CNc2cccc(Br)c2)cc(OC)c1. The van der Waals surface area contributed by atoms with Crippen molar-refractivity contribution < 1.29 is 9.47 Å². The fraction of sp³-hybridized carbons (Fsp3) is 0.200. The number of anilines is 1. The Morgan fingerprint density at radius 2 is 1.68 bits per heavy atom. The van der Waals surface area contributed by atoms with Gasteiger partial charge < -0.3 is 14.8 Å². The summed E-state index contributed by atoms with van der Waals surface area (Å²) in [5, 5.41) is 3.36. The van der Waals surface area contributed by atoms with Gasteiger partial charge in [0.2, 0.25) is 0 Å². The van der Waals surface area contributed by atoms with E-state index >= 15 is 0 Å². The summed E-state index contributed by atoms with van der Waals surface area (Å²) in [6.07, 6.45) is 0. The van der Waals surface area contributed by atoms with Crippen LogP contribution in [0.5, 0.6) is 11.5 Å².